The Bertz CT molecular complexity index is 416. The first-order valence-electron chi connectivity index (χ1n) is 9.91. The smallest absolute Gasteiger partial charge is 0.305 e. The average Bonchev–Trinajstić information content (AvgIpc) is 2.66. The van der Waals surface area contributed by atoms with E-state index in [-0.39, 0.29) is 29.9 Å². The number of aliphatic imine (C=N–C) groups is 1. The lowest BCUT2D eigenvalue weighted by Gasteiger charge is -2.37. The largest absolute Gasteiger partial charge is 0.469 e. The number of carbonyl (C=O) groups is 1. The summed E-state index contributed by atoms with van der Waals surface area (Å²) < 4.78 is 10.1. The van der Waals surface area contributed by atoms with Crippen LogP contribution in [0.1, 0.15) is 46.0 Å². The van der Waals surface area contributed by atoms with Crippen LogP contribution in [-0.2, 0) is 14.3 Å². The summed E-state index contributed by atoms with van der Waals surface area (Å²) in [5, 5.41) is 6.85. The van der Waals surface area contributed by atoms with Crippen LogP contribution in [0.25, 0.3) is 0 Å². The topological polar surface area (TPSA) is 75.2 Å². The van der Waals surface area contributed by atoms with Gasteiger partial charge in [0.05, 0.1) is 20.3 Å². The molecule has 0 saturated carbocycles. The summed E-state index contributed by atoms with van der Waals surface area (Å²) in [5.41, 5.74) is 0. The van der Waals surface area contributed by atoms with E-state index in [1.165, 1.54) is 7.11 Å². The van der Waals surface area contributed by atoms with Gasteiger partial charge in [0, 0.05) is 45.7 Å². The molecule has 1 atom stereocenters. The fraction of sp³-hybridized carbons (Fsp3) is 0.895. The van der Waals surface area contributed by atoms with Gasteiger partial charge in [-0.2, -0.15) is 0 Å². The van der Waals surface area contributed by atoms with Crippen LogP contribution in [0.3, 0.4) is 0 Å². The number of methoxy groups -OCH3 is 1. The second-order valence-electron chi connectivity index (χ2n) is 7.08. The SMILES string of the molecule is CN=C(NCCCCCCC(=O)OC)NCC(C(C)C)N1CCOCC1.I. The number of guanidine groups is 1. The minimum absolute atomic E-state index is 0. The van der Waals surface area contributed by atoms with E-state index in [1.54, 1.807) is 0 Å². The van der Waals surface area contributed by atoms with E-state index in [9.17, 15) is 4.79 Å². The van der Waals surface area contributed by atoms with Gasteiger partial charge >= 0.3 is 5.97 Å². The maximum atomic E-state index is 11.0. The highest BCUT2D eigenvalue weighted by Gasteiger charge is 2.23. The molecule has 8 heteroatoms. The lowest BCUT2D eigenvalue weighted by molar-refractivity contribution is -0.140. The number of halogens is 1. The maximum absolute atomic E-state index is 11.0. The number of ether oxygens (including phenoxy) is 2. The van der Waals surface area contributed by atoms with E-state index in [2.05, 4.69) is 39.1 Å². The number of esters is 1. The zero-order valence-electron chi connectivity index (χ0n) is 17.5. The molecule has 1 rings (SSSR count). The van der Waals surface area contributed by atoms with Crippen molar-refractivity contribution in [1.82, 2.24) is 15.5 Å². The lowest BCUT2D eigenvalue weighted by atomic mass is 10.0. The molecule has 0 aromatic heterocycles. The van der Waals surface area contributed by atoms with Crippen molar-refractivity contribution in [3.8, 4) is 0 Å². The van der Waals surface area contributed by atoms with Gasteiger partial charge in [0.15, 0.2) is 5.96 Å². The third-order valence-corrected chi connectivity index (χ3v) is 4.81. The molecule has 1 unspecified atom stereocenters. The quantitative estimate of drug-likeness (QED) is 0.150. The molecule has 1 aliphatic rings. The molecule has 1 heterocycles. The normalized spacial score (nSPS) is 16.6. The zero-order chi connectivity index (χ0) is 19.2. The van der Waals surface area contributed by atoms with Crippen LogP contribution < -0.4 is 10.6 Å². The second-order valence-corrected chi connectivity index (χ2v) is 7.08. The fourth-order valence-corrected chi connectivity index (χ4v) is 3.17. The monoisotopic (exact) mass is 498 g/mol. The van der Waals surface area contributed by atoms with Crippen LogP contribution in [0.15, 0.2) is 4.99 Å². The Morgan fingerprint density at radius 2 is 1.81 bits per heavy atom. The zero-order valence-corrected chi connectivity index (χ0v) is 19.8. The number of rotatable bonds is 11. The molecule has 1 fully saturated rings. The average molecular weight is 498 g/mol. The van der Waals surface area contributed by atoms with Crippen LogP contribution in [0.2, 0.25) is 0 Å². The standard InChI is InChI=1S/C19H38N4O3.HI/c1-16(2)17(23-11-13-26-14-12-23)15-22-19(20-3)21-10-8-6-5-7-9-18(24)25-4;/h16-17H,5-15H2,1-4H3,(H2,20,21,22);1H. The van der Waals surface area contributed by atoms with Crippen molar-refractivity contribution in [2.75, 3.05) is 53.6 Å². The summed E-state index contributed by atoms with van der Waals surface area (Å²) in [6.45, 7) is 9.97. The lowest BCUT2D eigenvalue weighted by Crippen LogP contribution is -2.52. The molecule has 0 aromatic carbocycles. The molecule has 1 aliphatic heterocycles. The van der Waals surface area contributed by atoms with Crippen molar-refractivity contribution in [1.29, 1.82) is 0 Å². The molecule has 1 saturated heterocycles. The van der Waals surface area contributed by atoms with Crippen molar-refractivity contribution in [2.24, 2.45) is 10.9 Å². The van der Waals surface area contributed by atoms with Gasteiger partial charge in [-0.3, -0.25) is 14.7 Å². The van der Waals surface area contributed by atoms with Crippen LogP contribution in [-0.4, -0.2) is 76.4 Å². The first-order chi connectivity index (χ1) is 12.6. The van der Waals surface area contributed by atoms with Crippen LogP contribution in [0.4, 0.5) is 0 Å². The number of hydrogen-bond acceptors (Lipinski definition) is 5. The Balaban J connectivity index is 0.00000676. The third-order valence-electron chi connectivity index (χ3n) is 4.81. The number of carbonyl (C=O) groups excluding carboxylic acids is 1. The molecule has 0 aromatic rings. The Labute approximate surface area is 182 Å². The van der Waals surface area contributed by atoms with Gasteiger partial charge in [0.1, 0.15) is 0 Å². The highest BCUT2D eigenvalue weighted by molar-refractivity contribution is 14.0. The maximum Gasteiger partial charge on any atom is 0.305 e. The van der Waals surface area contributed by atoms with Crippen LogP contribution >= 0.6 is 24.0 Å². The Kier molecular flexibility index (Phi) is 16.0. The van der Waals surface area contributed by atoms with E-state index >= 15 is 0 Å². The van der Waals surface area contributed by atoms with E-state index in [4.69, 9.17) is 4.74 Å². The van der Waals surface area contributed by atoms with Crippen molar-refractivity contribution in [3.63, 3.8) is 0 Å². The van der Waals surface area contributed by atoms with Gasteiger partial charge < -0.3 is 20.1 Å². The Hall–Kier alpha value is -0.610. The number of nitrogens with one attached hydrogen (secondary N) is 2. The summed E-state index contributed by atoms with van der Waals surface area (Å²) in [5.74, 6) is 1.32. The molecular weight excluding hydrogens is 459 g/mol. The van der Waals surface area contributed by atoms with Crippen LogP contribution in [0.5, 0.6) is 0 Å². The van der Waals surface area contributed by atoms with Crippen LogP contribution in [0, 0.1) is 5.92 Å². The van der Waals surface area contributed by atoms with E-state index in [0.29, 0.717) is 18.4 Å². The first kappa shape index (κ1) is 26.4. The highest BCUT2D eigenvalue weighted by Crippen LogP contribution is 2.12. The highest BCUT2D eigenvalue weighted by atomic mass is 127. The van der Waals surface area contributed by atoms with Gasteiger partial charge in [-0.25, -0.2) is 0 Å². The molecular formula is C19H39IN4O3. The fourth-order valence-electron chi connectivity index (χ4n) is 3.17. The third kappa shape index (κ3) is 11.7. The van der Waals surface area contributed by atoms with Gasteiger partial charge in [0.2, 0.25) is 0 Å². The molecule has 160 valence electrons. The summed E-state index contributed by atoms with van der Waals surface area (Å²) in [4.78, 5) is 17.9. The first-order valence-corrected chi connectivity index (χ1v) is 9.91. The Morgan fingerprint density at radius 3 is 2.41 bits per heavy atom. The Morgan fingerprint density at radius 1 is 1.15 bits per heavy atom. The van der Waals surface area contributed by atoms with Crippen molar-refractivity contribution in [3.05, 3.63) is 0 Å². The van der Waals surface area contributed by atoms with E-state index < -0.39 is 0 Å². The van der Waals surface area contributed by atoms with Gasteiger partial charge in [-0.05, 0) is 18.8 Å². The molecule has 0 amide bonds. The number of nitrogens with zero attached hydrogens (tertiary/aromatic N) is 2. The van der Waals surface area contributed by atoms with Gasteiger partial charge in [-0.1, -0.05) is 26.7 Å². The van der Waals surface area contributed by atoms with Crippen molar-refractivity contribution < 1.29 is 14.3 Å². The molecule has 7 nitrogen and oxygen atoms in total. The van der Waals surface area contributed by atoms with Gasteiger partial charge in [0.25, 0.3) is 0 Å². The predicted octanol–water partition coefficient (Wildman–Crippen LogP) is 2.25. The minimum Gasteiger partial charge on any atom is -0.469 e. The molecule has 0 aliphatic carbocycles. The van der Waals surface area contributed by atoms with E-state index in [0.717, 1.165) is 71.0 Å². The summed E-state index contributed by atoms with van der Waals surface area (Å²) in [7, 11) is 3.25. The summed E-state index contributed by atoms with van der Waals surface area (Å²) in [6, 6.07) is 0.482. The molecule has 0 bridgehead atoms. The second kappa shape index (κ2) is 16.4. The minimum atomic E-state index is -0.118. The predicted molar refractivity (Wildman–Crippen MR) is 121 cm³/mol. The van der Waals surface area contributed by atoms with Gasteiger partial charge in [-0.15, -0.1) is 24.0 Å². The molecule has 0 radical (unpaired) electrons. The summed E-state index contributed by atoms with van der Waals surface area (Å²) >= 11 is 0. The molecule has 27 heavy (non-hydrogen) atoms. The molecule has 0 spiro atoms. The molecule has 2 N–H and O–H groups in total. The summed E-state index contributed by atoms with van der Waals surface area (Å²) in [6.07, 6.45) is 4.64. The number of hydrogen-bond donors (Lipinski definition) is 2. The van der Waals surface area contributed by atoms with Crippen molar-refractivity contribution >= 4 is 35.9 Å². The number of morpholine rings is 1. The van der Waals surface area contributed by atoms with E-state index in [1.807, 2.05) is 7.05 Å². The number of unbranched alkanes of at least 4 members (excludes halogenated alkanes) is 3. The van der Waals surface area contributed by atoms with Crippen molar-refractivity contribution in [2.45, 2.75) is 52.0 Å².